The van der Waals surface area contributed by atoms with Gasteiger partial charge in [0.1, 0.15) is 17.8 Å². The molecule has 0 radical (unpaired) electrons. The molecule has 226 valence electrons. The Morgan fingerprint density at radius 2 is 1.51 bits per heavy atom. The molecule has 0 bridgehead atoms. The first kappa shape index (κ1) is 34.8. The van der Waals surface area contributed by atoms with Crippen LogP contribution in [0.4, 0.5) is 4.79 Å². The second-order valence-electron chi connectivity index (χ2n) is 10.0. The lowest BCUT2D eigenvalue weighted by molar-refractivity contribution is -0.140. The van der Waals surface area contributed by atoms with Gasteiger partial charge in [0.2, 0.25) is 17.7 Å². The summed E-state index contributed by atoms with van der Waals surface area (Å²) < 4.78 is 0. The zero-order valence-electron chi connectivity index (χ0n) is 23.6. The van der Waals surface area contributed by atoms with Gasteiger partial charge in [-0.05, 0) is 31.6 Å². The lowest BCUT2D eigenvalue weighted by Crippen LogP contribution is -2.57. The molecule has 15 nitrogen and oxygen atoms in total. The molecule has 0 aromatic heterocycles. The average molecular weight is 578 g/mol. The Hall–Kier alpha value is -4.24. The first-order valence-electron chi connectivity index (χ1n) is 13.4. The van der Waals surface area contributed by atoms with Gasteiger partial charge in [-0.1, -0.05) is 20.3 Å². The Labute approximate surface area is 238 Å². The van der Waals surface area contributed by atoms with Gasteiger partial charge in [-0.3, -0.25) is 33.7 Å². The number of carbonyl (C=O) groups is 8. The summed E-state index contributed by atoms with van der Waals surface area (Å²) in [4.78, 5) is 96.8. The number of hydrogen-bond donors (Lipinski definition) is 6. The van der Waals surface area contributed by atoms with Gasteiger partial charge in [-0.15, -0.1) is 0 Å². The SMILES string of the molecule is BC(=O)[C@@H](CC(=O)O)NC(=O)[C@H](CCCNC(N)=O)NC(=O)C(NC(=O)CCCCCN1C(=O)C=CC1=O)C(C)C. The smallest absolute Gasteiger partial charge is 0.312 e. The molecule has 1 aliphatic heterocycles. The van der Waals surface area contributed by atoms with E-state index in [1.165, 1.54) is 12.2 Å². The molecule has 0 saturated heterocycles. The summed E-state index contributed by atoms with van der Waals surface area (Å²) in [6.45, 7) is 3.75. The van der Waals surface area contributed by atoms with E-state index in [1.807, 2.05) is 0 Å². The van der Waals surface area contributed by atoms with Crippen molar-refractivity contribution in [3.8, 4) is 0 Å². The third-order valence-corrected chi connectivity index (χ3v) is 6.24. The van der Waals surface area contributed by atoms with Gasteiger partial charge >= 0.3 is 12.0 Å². The van der Waals surface area contributed by atoms with E-state index in [-0.39, 0.29) is 50.1 Å². The van der Waals surface area contributed by atoms with E-state index in [0.717, 1.165) is 12.7 Å². The number of amides is 7. The van der Waals surface area contributed by atoms with Gasteiger partial charge in [-0.2, -0.15) is 0 Å². The summed E-state index contributed by atoms with van der Waals surface area (Å²) >= 11 is 0. The van der Waals surface area contributed by atoms with Crippen molar-refractivity contribution >= 4 is 55.1 Å². The van der Waals surface area contributed by atoms with E-state index in [9.17, 15) is 38.4 Å². The van der Waals surface area contributed by atoms with Crippen LogP contribution in [0.3, 0.4) is 0 Å². The quantitative estimate of drug-likeness (QED) is 0.0547. The van der Waals surface area contributed by atoms with Crippen molar-refractivity contribution < 1.29 is 43.5 Å². The fourth-order valence-electron chi connectivity index (χ4n) is 3.96. The minimum atomic E-state index is -1.30. The number of carboxylic acid groups (broad SMARTS) is 1. The predicted molar refractivity (Wildman–Crippen MR) is 148 cm³/mol. The first-order valence-corrected chi connectivity index (χ1v) is 13.4. The number of nitrogens with one attached hydrogen (secondary N) is 4. The molecular weight excluding hydrogens is 539 g/mol. The highest BCUT2D eigenvalue weighted by Gasteiger charge is 2.30. The van der Waals surface area contributed by atoms with Gasteiger partial charge in [-0.25, -0.2) is 4.79 Å². The Kier molecular flexibility index (Phi) is 14.8. The molecule has 0 saturated carbocycles. The van der Waals surface area contributed by atoms with Crippen LogP contribution < -0.4 is 27.0 Å². The van der Waals surface area contributed by atoms with Crippen molar-refractivity contribution in [1.82, 2.24) is 26.2 Å². The molecule has 7 N–H and O–H groups in total. The lowest BCUT2D eigenvalue weighted by atomic mass is 9.92. The van der Waals surface area contributed by atoms with E-state index in [2.05, 4.69) is 21.3 Å². The molecule has 16 heteroatoms. The summed E-state index contributed by atoms with van der Waals surface area (Å²) in [6, 6.07) is -4.28. The van der Waals surface area contributed by atoms with Gasteiger partial charge in [0, 0.05) is 31.7 Å². The number of unbranched alkanes of at least 4 members (excludes halogenated alkanes) is 2. The van der Waals surface area contributed by atoms with Crippen molar-refractivity contribution in [1.29, 1.82) is 0 Å². The number of aliphatic carboxylic acids is 1. The molecule has 1 unspecified atom stereocenters. The second kappa shape index (κ2) is 17.5. The monoisotopic (exact) mass is 578 g/mol. The van der Waals surface area contributed by atoms with Crippen LogP contribution in [-0.2, 0) is 33.6 Å². The Morgan fingerprint density at radius 3 is 2.05 bits per heavy atom. The number of nitrogens with two attached hydrogens (primary N) is 1. The van der Waals surface area contributed by atoms with Crippen LogP contribution in [0, 0.1) is 5.92 Å². The maximum absolute atomic E-state index is 13.1. The summed E-state index contributed by atoms with van der Waals surface area (Å²) in [5, 5.41) is 19.0. The van der Waals surface area contributed by atoms with E-state index in [1.54, 1.807) is 13.8 Å². The number of carbonyl (C=O) groups excluding carboxylic acids is 7. The topological polar surface area (TPSA) is 234 Å². The molecule has 0 aromatic rings. The van der Waals surface area contributed by atoms with Crippen LogP contribution in [0.15, 0.2) is 12.2 Å². The second-order valence-corrected chi connectivity index (χ2v) is 10.0. The number of carboxylic acids is 1. The van der Waals surface area contributed by atoms with Crippen molar-refractivity contribution in [3.05, 3.63) is 12.2 Å². The zero-order valence-corrected chi connectivity index (χ0v) is 23.6. The maximum atomic E-state index is 13.1. The lowest BCUT2D eigenvalue weighted by Gasteiger charge is -2.26. The van der Waals surface area contributed by atoms with Crippen LogP contribution in [0.1, 0.15) is 58.8 Å². The third kappa shape index (κ3) is 13.1. The Morgan fingerprint density at radius 1 is 0.902 bits per heavy atom. The molecule has 41 heavy (non-hydrogen) atoms. The average Bonchev–Trinajstić information content (AvgIpc) is 3.19. The number of primary amides is 1. The molecule has 1 rings (SSSR count). The highest BCUT2D eigenvalue weighted by atomic mass is 16.4. The fraction of sp³-hybridized carbons (Fsp3) is 0.600. The molecular formula is C25H39BN6O9. The van der Waals surface area contributed by atoms with E-state index < -0.39 is 60.0 Å². The van der Waals surface area contributed by atoms with Crippen molar-refractivity contribution in [2.75, 3.05) is 13.1 Å². The van der Waals surface area contributed by atoms with Crippen LogP contribution in [0.25, 0.3) is 0 Å². The van der Waals surface area contributed by atoms with Crippen molar-refractivity contribution in [2.24, 2.45) is 11.7 Å². The molecule has 1 aliphatic rings. The number of hydrogen-bond acceptors (Lipinski definition) is 8. The number of imide groups is 1. The third-order valence-electron chi connectivity index (χ3n) is 6.24. The molecule has 0 spiro atoms. The van der Waals surface area contributed by atoms with Crippen LogP contribution in [0.2, 0.25) is 0 Å². The summed E-state index contributed by atoms with van der Waals surface area (Å²) in [6.07, 6.45) is 3.64. The minimum Gasteiger partial charge on any atom is -0.481 e. The van der Waals surface area contributed by atoms with Crippen LogP contribution in [-0.4, -0.2) is 96.3 Å². The maximum Gasteiger partial charge on any atom is 0.312 e. The van der Waals surface area contributed by atoms with Crippen LogP contribution >= 0.6 is 0 Å². The Bertz CT molecular complexity index is 1030. The number of nitrogens with zero attached hydrogens (tertiary/aromatic N) is 1. The van der Waals surface area contributed by atoms with Gasteiger partial charge in [0.15, 0.2) is 7.85 Å². The van der Waals surface area contributed by atoms with Crippen LogP contribution in [0.5, 0.6) is 0 Å². The summed E-state index contributed by atoms with van der Waals surface area (Å²) in [5.41, 5.74) is 4.46. The predicted octanol–water partition coefficient (Wildman–Crippen LogP) is -2.33. The molecule has 0 aromatic carbocycles. The van der Waals surface area contributed by atoms with Crippen molar-refractivity contribution in [3.63, 3.8) is 0 Å². The largest absolute Gasteiger partial charge is 0.481 e. The number of rotatable bonds is 19. The normalized spacial score (nSPS) is 14.8. The first-order chi connectivity index (χ1) is 19.2. The van der Waals surface area contributed by atoms with E-state index >= 15 is 0 Å². The summed E-state index contributed by atoms with van der Waals surface area (Å²) in [7, 11) is 1.13. The van der Waals surface area contributed by atoms with Gasteiger partial charge in [0.05, 0.1) is 12.5 Å². The van der Waals surface area contributed by atoms with E-state index in [0.29, 0.717) is 19.3 Å². The van der Waals surface area contributed by atoms with Gasteiger partial charge < -0.3 is 36.9 Å². The highest BCUT2D eigenvalue weighted by Crippen LogP contribution is 2.10. The zero-order chi connectivity index (χ0) is 31.1. The minimum absolute atomic E-state index is 0.0197. The van der Waals surface area contributed by atoms with Crippen molar-refractivity contribution in [2.45, 2.75) is 76.9 Å². The molecule has 1 heterocycles. The molecule has 0 aliphatic carbocycles. The number of urea groups is 1. The van der Waals surface area contributed by atoms with Gasteiger partial charge in [0.25, 0.3) is 11.8 Å². The fourth-order valence-corrected chi connectivity index (χ4v) is 3.96. The van der Waals surface area contributed by atoms with E-state index in [4.69, 9.17) is 10.8 Å². The summed E-state index contributed by atoms with van der Waals surface area (Å²) in [5.74, 6) is -4.25. The molecule has 3 atom stereocenters. The highest BCUT2D eigenvalue weighted by molar-refractivity contribution is 6.59. The Balaban J connectivity index is 2.74. The standard InChI is InChI=1S/C25H39BN6O9/c1-14(2)21(31-17(33)8-4-3-5-12-32-18(34)9-10-19(32)35)24(40)29-15(7-6-11-28-25(27)41)23(39)30-16(22(26)38)13-20(36)37/h9-10,14-16,21H,3-8,11-13,26H2,1-2H3,(H,29,40)(H,30,39)(H,31,33)(H,36,37)(H3,27,28,41)/t15-,16+,21?/m0/s1. The molecule has 7 amide bonds. The molecule has 0 fully saturated rings.